The molecule has 3 heterocycles. The summed E-state index contributed by atoms with van der Waals surface area (Å²) >= 11 is 3.99. The van der Waals surface area contributed by atoms with Crippen molar-refractivity contribution >= 4 is 28.7 Å². The maximum Gasteiger partial charge on any atom is 0.157 e. The molecule has 18 heavy (non-hydrogen) atoms. The first kappa shape index (κ1) is 13.1. The maximum absolute atomic E-state index is 5.46. The molecule has 0 bridgehead atoms. The molecule has 1 atom stereocenters. The van der Waals surface area contributed by atoms with Crippen LogP contribution in [0.5, 0.6) is 0 Å². The number of aliphatic imine (C=N–C) groups is 1. The summed E-state index contributed by atoms with van der Waals surface area (Å²) in [5.74, 6) is 2.47. The van der Waals surface area contributed by atoms with E-state index in [9.17, 15) is 0 Å². The van der Waals surface area contributed by atoms with Crippen molar-refractivity contribution in [1.29, 1.82) is 0 Å². The highest BCUT2D eigenvalue weighted by atomic mass is 32.2. The first-order valence-electron chi connectivity index (χ1n) is 6.87. The van der Waals surface area contributed by atoms with Crippen LogP contribution in [0.2, 0.25) is 0 Å². The Hall–Kier alpha value is 0.130. The van der Waals surface area contributed by atoms with E-state index in [1.807, 2.05) is 11.8 Å². The Morgan fingerprint density at radius 2 is 2.17 bits per heavy atom. The van der Waals surface area contributed by atoms with Gasteiger partial charge in [-0.05, 0) is 38.4 Å². The van der Waals surface area contributed by atoms with E-state index in [0.717, 1.165) is 32.6 Å². The summed E-state index contributed by atoms with van der Waals surface area (Å²) in [4.78, 5) is 4.83. The first-order chi connectivity index (χ1) is 8.70. The minimum atomic E-state index is 0.283. The second-order valence-corrected chi connectivity index (χ2v) is 8.48. The van der Waals surface area contributed by atoms with Crippen molar-refractivity contribution < 1.29 is 4.74 Å². The van der Waals surface area contributed by atoms with Crippen LogP contribution in [0.15, 0.2) is 4.99 Å². The minimum absolute atomic E-state index is 0.283. The summed E-state index contributed by atoms with van der Waals surface area (Å²) in [5.41, 5.74) is 0.283. The number of hydrogen-bond donors (Lipinski definition) is 1. The highest BCUT2D eigenvalue weighted by Crippen LogP contribution is 2.38. The molecule has 5 heteroatoms. The van der Waals surface area contributed by atoms with Gasteiger partial charge in [-0.15, -0.1) is 0 Å². The van der Waals surface area contributed by atoms with Crippen LogP contribution < -0.4 is 5.32 Å². The average molecular weight is 286 g/mol. The van der Waals surface area contributed by atoms with Gasteiger partial charge in [0.2, 0.25) is 0 Å². The van der Waals surface area contributed by atoms with E-state index in [1.165, 1.54) is 29.5 Å². The monoisotopic (exact) mass is 286 g/mol. The Balaban J connectivity index is 1.57. The van der Waals surface area contributed by atoms with Crippen LogP contribution in [0.25, 0.3) is 0 Å². The molecule has 3 aliphatic rings. The van der Waals surface area contributed by atoms with Crippen molar-refractivity contribution in [2.24, 2.45) is 4.99 Å². The summed E-state index contributed by atoms with van der Waals surface area (Å²) in [6.45, 7) is 5.13. The highest BCUT2D eigenvalue weighted by Gasteiger charge is 2.39. The second-order valence-electron chi connectivity index (χ2n) is 5.83. The van der Waals surface area contributed by atoms with Gasteiger partial charge in [0, 0.05) is 23.7 Å². The van der Waals surface area contributed by atoms with E-state index in [4.69, 9.17) is 9.73 Å². The topological polar surface area (TPSA) is 33.6 Å². The van der Waals surface area contributed by atoms with Crippen molar-refractivity contribution in [3.63, 3.8) is 0 Å². The van der Waals surface area contributed by atoms with Gasteiger partial charge in [-0.25, -0.2) is 0 Å². The Morgan fingerprint density at radius 1 is 1.33 bits per heavy atom. The Labute approximate surface area is 118 Å². The first-order valence-corrected chi connectivity index (χ1v) is 8.84. The SMILES string of the molecule is CC1(CN=C2NC3(CCOCC3)CS2)CCCS1. The molecule has 3 rings (SSSR count). The Bertz CT molecular complexity index is 334. The number of thioether (sulfide) groups is 2. The lowest BCUT2D eigenvalue weighted by Crippen LogP contribution is -2.48. The van der Waals surface area contributed by atoms with Crippen molar-refractivity contribution in [1.82, 2.24) is 5.32 Å². The second kappa shape index (κ2) is 5.25. The van der Waals surface area contributed by atoms with Crippen LogP contribution in [0, 0.1) is 0 Å². The number of nitrogens with zero attached hydrogens (tertiary/aromatic N) is 1. The van der Waals surface area contributed by atoms with E-state index in [-0.39, 0.29) is 5.54 Å². The molecule has 0 radical (unpaired) electrons. The lowest BCUT2D eigenvalue weighted by molar-refractivity contribution is 0.0555. The van der Waals surface area contributed by atoms with E-state index >= 15 is 0 Å². The Kier molecular flexibility index (Phi) is 3.83. The molecule has 0 aromatic heterocycles. The lowest BCUT2D eigenvalue weighted by atomic mass is 9.93. The van der Waals surface area contributed by atoms with Crippen LogP contribution in [-0.4, -0.2) is 46.7 Å². The summed E-state index contributed by atoms with van der Waals surface area (Å²) in [6.07, 6.45) is 4.93. The predicted octanol–water partition coefficient (Wildman–Crippen LogP) is 2.51. The van der Waals surface area contributed by atoms with E-state index in [0.29, 0.717) is 4.75 Å². The molecule has 0 saturated carbocycles. The van der Waals surface area contributed by atoms with Gasteiger partial charge in [0.15, 0.2) is 5.17 Å². The smallest absolute Gasteiger partial charge is 0.157 e. The standard InChI is InChI=1S/C13H22N2OS2/c1-12(3-2-8-18-12)9-14-11-15-13(10-17-11)4-6-16-7-5-13/h2-10H2,1H3,(H,14,15). The van der Waals surface area contributed by atoms with Crippen LogP contribution in [-0.2, 0) is 4.74 Å². The van der Waals surface area contributed by atoms with Crippen molar-refractivity contribution in [2.45, 2.75) is 42.9 Å². The third kappa shape index (κ3) is 2.83. The normalized spacial score (nSPS) is 37.3. The zero-order valence-corrected chi connectivity index (χ0v) is 12.7. The molecule has 3 nitrogen and oxygen atoms in total. The summed E-state index contributed by atoms with van der Waals surface area (Å²) < 4.78 is 5.85. The number of hydrogen-bond acceptors (Lipinski definition) is 4. The molecule has 0 aliphatic carbocycles. The van der Waals surface area contributed by atoms with Crippen LogP contribution in [0.4, 0.5) is 0 Å². The predicted molar refractivity (Wildman–Crippen MR) is 80.8 cm³/mol. The van der Waals surface area contributed by atoms with Crippen molar-refractivity contribution in [2.75, 3.05) is 31.3 Å². The average Bonchev–Trinajstić information content (AvgIpc) is 2.97. The van der Waals surface area contributed by atoms with E-state index in [2.05, 4.69) is 24.0 Å². The number of rotatable bonds is 2. The number of amidine groups is 1. The molecule has 0 aromatic rings. The molecule has 3 fully saturated rings. The molecule has 3 aliphatic heterocycles. The van der Waals surface area contributed by atoms with Gasteiger partial charge < -0.3 is 10.1 Å². The molecule has 3 saturated heterocycles. The van der Waals surface area contributed by atoms with Gasteiger partial charge in [0.05, 0.1) is 12.1 Å². The van der Waals surface area contributed by atoms with Crippen molar-refractivity contribution in [3.05, 3.63) is 0 Å². The van der Waals surface area contributed by atoms with Gasteiger partial charge in [0.25, 0.3) is 0 Å². The third-order valence-corrected chi connectivity index (χ3v) is 6.89. The van der Waals surface area contributed by atoms with E-state index in [1.54, 1.807) is 0 Å². The number of ether oxygens (including phenoxy) is 1. The fourth-order valence-corrected chi connectivity index (χ4v) is 5.27. The van der Waals surface area contributed by atoms with Gasteiger partial charge in [0.1, 0.15) is 0 Å². The fraction of sp³-hybridized carbons (Fsp3) is 0.923. The molecule has 1 N–H and O–H groups in total. The molecule has 1 spiro atoms. The molecular formula is C13H22N2OS2. The third-order valence-electron chi connectivity index (χ3n) is 4.16. The zero-order valence-electron chi connectivity index (χ0n) is 11.0. The van der Waals surface area contributed by atoms with Gasteiger partial charge in [-0.2, -0.15) is 11.8 Å². The largest absolute Gasteiger partial charge is 0.381 e. The summed E-state index contributed by atoms with van der Waals surface area (Å²) in [7, 11) is 0. The van der Waals surface area contributed by atoms with E-state index < -0.39 is 0 Å². The lowest BCUT2D eigenvalue weighted by Gasteiger charge is -2.32. The molecular weight excluding hydrogens is 264 g/mol. The molecule has 1 unspecified atom stereocenters. The summed E-state index contributed by atoms with van der Waals surface area (Å²) in [5, 5.41) is 4.84. The quantitative estimate of drug-likeness (QED) is 0.846. The van der Waals surface area contributed by atoms with Crippen LogP contribution in [0.3, 0.4) is 0 Å². The maximum atomic E-state index is 5.46. The zero-order chi connectivity index (χ0) is 12.5. The van der Waals surface area contributed by atoms with Gasteiger partial charge in [-0.1, -0.05) is 11.8 Å². The summed E-state index contributed by atoms with van der Waals surface area (Å²) in [6, 6.07) is 0. The number of nitrogens with one attached hydrogen (secondary N) is 1. The molecule has 0 amide bonds. The highest BCUT2D eigenvalue weighted by molar-refractivity contribution is 8.14. The molecule has 102 valence electrons. The van der Waals surface area contributed by atoms with Crippen molar-refractivity contribution in [3.8, 4) is 0 Å². The van der Waals surface area contributed by atoms with Crippen LogP contribution >= 0.6 is 23.5 Å². The Morgan fingerprint density at radius 3 is 2.89 bits per heavy atom. The van der Waals surface area contributed by atoms with Gasteiger partial charge >= 0.3 is 0 Å². The van der Waals surface area contributed by atoms with Gasteiger partial charge in [-0.3, -0.25) is 4.99 Å². The minimum Gasteiger partial charge on any atom is -0.381 e. The fourth-order valence-electron chi connectivity index (χ4n) is 2.82. The van der Waals surface area contributed by atoms with Crippen LogP contribution in [0.1, 0.15) is 32.6 Å². The molecule has 0 aromatic carbocycles.